The van der Waals surface area contributed by atoms with Crippen LogP contribution in [0, 0.1) is 0 Å². The van der Waals surface area contributed by atoms with Gasteiger partial charge in [-0.25, -0.2) is 0 Å². The molecule has 19 heavy (non-hydrogen) atoms. The van der Waals surface area contributed by atoms with Crippen LogP contribution >= 0.6 is 0 Å². The van der Waals surface area contributed by atoms with E-state index in [1.807, 2.05) is 0 Å². The maximum atomic E-state index is 3.53. The van der Waals surface area contributed by atoms with Crippen LogP contribution in [0.1, 0.15) is 44.6 Å². The zero-order valence-electron chi connectivity index (χ0n) is 12.6. The number of nitrogens with zero attached hydrogens (tertiary/aromatic N) is 1. The molecule has 0 aliphatic heterocycles. The molecular formula is C17H28N2. The normalized spacial score (nSPS) is 27.7. The minimum atomic E-state index is 0.653. The van der Waals surface area contributed by atoms with Crippen molar-refractivity contribution in [3.8, 4) is 0 Å². The number of hydrogen-bond donors (Lipinski definition) is 1. The fraction of sp³-hybridized carbons (Fsp3) is 0.647. The van der Waals surface area contributed by atoms with E-state index >= 15 is 0 Å². The SMILES string of the molecule is CCN(CC)C1CC(c2ccccc2)CCC1NC. The van der Waals surface area contributed by atoms with Crippen molar-refractivity contribution in [2.75, 3.05) is 20.1 Å². The van der Waals surface area contributed by atoms with Gasteiger partial charge in [0, 0.05) is 12.1 Å². The molecule has 1 saturated carbocycles. The smallest absolute Gasteiger partial charge is 0.0254 e. The molecule has 0 saturated heterocycles. The molecule has 2 heteroatoms. The molecule has 3 atom stereocenters. The number of rotatable bonds is 5. The summed E-state index contributed by atoms with van der Waals surface area (Å²) in [7, 11) is 2.12. The van der Waals surface area contributed by atoms with Gasteiger partial charge in [0.25, 0.3) is 0 Å². The van der Waals surface area contributed by atoms with Crippen LogP contribution in [0.25, 0.3) is 0 Å². The molecule has 0 heterocycles. The molecule has 0 radical (unpaired) electrons. The molecule has 1 aliphatic carbocycles. The predicted octanol–water partition coefficient (Wildman–Crippen LogP) is 3.25. The zero-order chi connectivity index (χ0) is 13.7. The fourth-order valence-electron chi connectivity index (χ4n) is 3.61. The maximum absolute atomic E-state index is 3.53. The Bertz CT molecular complexity index is 351. The Morgan fingerprint density at radius 3 is 2.37 bits per heavy atom. The molecular weight excluding hydrogens is 232 g/mol. The monoisotopic (exact) mass is 260 g/mol. The Morgan fingerprint density at radius 1 is 1.11 bits per heavy atom. The highest BCUT2D eigenvalue weighted by Gasteiger charge is 2.32. The molecule has 2 rings (SSSR count). The van der Waals surface area contributed by atoms with E-state index in [2.05, 4.69) is 61.4 Å². The van der Waals surface area contributed by atoms with Crippen LogP contribution in [-0.2, 0) is 0 Å². The van der Waals surface area contributed by atoms with Crippen molar-refractivity contribution >= 4 is 0 Å². The predicted molar refractivity (Wildman–Crippen MR) is 82.6 cm³/mol. The van der Waals surface area contributed by atoms with Gasteiger partial charge in [0.15, 0.2) is 0 Å². The summed E-state index contributed by atoms with van der Waals surface area (Å²) in [5.74, 6) is 0.733. The third-order valence-electron chi connectivity index (χ3n) is 4.74. The molecule has 0 aromatic heterocycles. The number of nitrogens with one attached hydrogen (secondary N) is 1. The maximum Gasteiger partial charge on any atom is 0.0254 e. The lowest BCUT2D eigenvalue weighted by molar-refractivity contribution is 0.127. The van der Waals surface area contributed by atoms with Crippen LogP contribution in [0.4, 0.5) is 0 Å². The van der Waals surface area contributed by atoms with Gasteiger partial charge in [-0.05, 0) is 50.9 Å². The number of likely N-dealkylation sites (N-methyl/N-ethyl adjacent to an activating group) is 2. The third kappa shape index (κ3) is 3.37. The average Bonchev–Trinajstić information content (AvgIpc) is 2.49. The second-order valence-electron chi connectivity index (χ2n) is 5.60. The molecule has 3 unspecified atom stereocenters. The summed E-state index contributed by atoms with van der Waals surface area (Å²) in [5.41, 5.74) is 1.52. The van der Waals surface area contributed by atoms with Crippen LogP contribution in [-0.4, -0.2) is 37.1 Å². The third-order valence-corrected chi connectivity index (χ3v) is 4.74. The minimum absolute atomic E-state index is 0.653. The van der Waals surface area contributed by atoms with E-state index in [-0.39, 0.29) is 0 Å². The Morgan fingerprint density at radius 2 is 1.79 bits per heavy atom. The number of benzene rings is 1. The first-order chi connectivity index (χ1) is 9.30. The van der Waals surface area contributed by atoms with E-state index < -0.39 is 0 Å². The van der Waals surface area contributed by atoms with Crippen LogP contribution in [0.3, 0.4) is 0 Å². The van der Waals surface area contributed by atoms with Crippen molar-refractivity contribution in [2.24, 2.45) is 0 Å². The first kappa shape index (κ1) is 14.5. The molecule has 1 aromatic rings. The van der Waals surface area contributed by atoms with Crippen molar-refractivity contribution in [3.05, 3.63) is 35.9 Å². The highest BCUT2D eigenvalue weighted by atomic mass is 15.2. The van der Waals surface area contributed by atoms with Crippen molar-refractivity contribution in [1.29, 1.82) is 0 Å². The largest absolute Gasteiger partial charge is 0.315 e. The standard InChI is InChI=1S/C17H28N2/c1-4-19(5-2)17-13-15(11-12-16(17)18-3)14-9-7-6-8-10-14/h6-10,15-18H,4-5,11-13H2,1-3H3. The van der Waals surface area contributed by atoms with Gasteiger partial charge in [0.05, 0.1) is 0 Å². The quantitative estimate of drug-likeness (QED) is 0.874. The summed E-state index contributed by atoms with van der Waals surface area (Å²) in [6.07, 6.45) is 3.89. The minimum Gasteiger partial charge on any atom is -0.315 e. The van der Waals surface area contributed by atoms with Gasteiger partial charge in [-0.3, -0.25) is 4.90 Å². The van der Waals surface area contributed by atoms with E-state index in [0.29, 0.717) is 12.1 Å². The first-order valence-corrected chi connectivity index (χ1v) is 7.76. The molecule has 0 spiro atoms. The van der Waals surface area contributed by atoms with Gasteiger partial charge in [0.1, 0.15) is 0 Å². The second kappa shape index (κ2) is 7.06. The van der Waals surface area contributed by atoms with E-state index in [1.165, 1.54) is 24.8 Å². The zero-order valence-corrected chi connectivity index (χ0v) is 12.6. The molecule has 0 bridgehead atoms. The van der Waals surface area contributed by atoms with E-state index in [1.54, 1.807) is 0 Å². The molecule has 2 nitrogen and oxygen atoms in total. The van der Waals surface area contributed by atoms with Crippen LogP contribution in [0.5, 0.6) is 0 Å². The van der Waals surface area contributed by atoms with Crippen LogP contribution in [0.2, 0.25) is 0 Å². The Kier molecular flexibility index (Phi) is 5.41. The topological polar surface area (TPSA) is 15.3 Å². The van der Waals surface area contributed by atoms with E-state index in [4.69, 9.17) is 0 Å². The van der Waals surface area contributed by atoms with Crippen molar-refractivity contribution < 1.29 is 0 Å². The van der Waals surface area contributed by atoms with E-state index in [0.717, 1.165) is 19.0 Å². The lowest BCUT2D eigenvalue weighted by Crippen LogP contribution is -2.52. The van der Waals surface area contributed by atoms with Gasteiger partial charge < -0.3 is 5.32 Å². The fourth-order valence-corrected chi connectivity index (χ4v) is 3.61. The van der Waals surface area contributed by atoms with Crippen LogP contribution < -0.4 is 5.32 Å². The first-order valence-electron chi connectivity index (χ1n) is 7.76. The number of hydrogen-bond acceptors (Lipinski definition) is 2. The summed E-state index contributed by atoms with van der Waals surface area (Å²) in [5, 5.41) is 3.53. The average molecular weight is 260 g/mol. The van der Waals surface area contributed by atoms with E-state index in [9.17, 15) is 0 Å². The summed E-state index contributed by atoms with van der Waals surface area (Å²) in [6.45, 7) is 6.87. The summed E-state index contributed by atoms with van der Waals surface area (Å²) >= 11 is 0. The Balaban J connectivity index is 2.11. The van der Waals surface area contributed by atoms with Crippen molar-refractivity contribution in [3.63, 3.8) is 0 Å². The molecule has 106 valence electrons. The molecule has 1 N–H and O–H groups in total. The molecule has 1 fully saturated rings. The van der Waals surface area contributed by atoms with Gasteiger partial charge in [0.2, 0.25) is 0 Å². The van der Waals surface area contributed by atoms with Gasteiger partial charge in [-0.2, -0.15) is 0 Å². The Labute approximate surface area is 118 Å². The second-order valence-corrected chi connectivity index (χ2v) is 5.60. The molecule has 1 aromatic carbocycles. The van der Waals surface area contributed by atoms with Gasteiger partial charge in [-0.15, -0.1) is 0 Å². The highest BCUT2D eigenvalue weighted by Crippen LogP contribution is 2.35. The van der Waals surface area contributed by atoms with Crippen molar-refractivity contribution in [1.82, 2.24) is 10.2 Å². The summed E-state index contributed by atoms with van der Waals surface area (Å²) in [6, 6.07) is 12.4. The van der Waals surface area contributed by atoms with Crippen LogP contribution in [0.15, 0.2) is 30.3 Å². The lowest BCUT2D eigenvalue weighted by Gasteiger charge is -2.42. The van der Waals surface area contributed by atoms with Gasteiger partial charge in [-0.1, -0.05) is 44.2 Å². The highest BCUT2D eigenvalue weighted by molar-refractivity contribution is 5.21. The molecule has 0 amide bonds. The molecule has 1 aliphatic rings. The van der Waals surface area contributed by atoms with Gasteiger partial charge >= 0.3 is 0 Å². The summed E-state index contributed by atoms with van der Waals surface area (Å²) < 4.78 is 0. The Hall–Kier alpha value is -0.860. The summed E-state index contributed by atoms with van der Waals surface area (Å²) in [4.78, 5) is 2.62. The lowest BCUT2D eigenvalue weighted by atomic mass is 9.78. The van der Waals surface area contributed by atoms with Crippen molar-refractivity contribution in [2.45, 2.75) is 51.1 Å².